The van der Waals surface area contributed by atoms with E-state index in [9.17, 15) is 14.7 Å². The second kappa shape index (κ2) is 10.2. The molecule has 9 heteroatoms. The number of hydrogen-bond acceptors (Lipinski definition) is 4. The van der Waals surface area contributed by atoms with Crippen molar-refractivity contribution >= 4 is 40.8 Å². The summed E-state index contributed by atoms with van der Waals surface area (Å²) in [5, 5.41) is 13.5. The van der Waals surface area contributed by atoms with Gasteiger partial charge in [-0.15, -0.1) is 0 Å². The van der Waals surface area contributed by atoms with Crippen molar-refractivity contribution in [1.82, 2.24) is 14.7 Å². The molecule has 2 aliphatic rings. The lowest BCUT2D eigenvalue weighted by Gasteiger charge is -2.39. The number of hydrogen-bond donors (Lipinski definition) is 2. The Bertz CT molecular complexity index is 769. The molecule has 166 valence electrons. The van der Waals surface area contributed by atoms with E-state index in [0.717, 1.165) is 25.9 Å². The van der Waals surface area contributed by atoms with E-state index in [1.165, 1.54) is 0 Å². The number of anilines is 1. The second-order valence-corrected chi connectivity index (χ2v) is 9.18. The first-order valence-electron chi connectivity index (χ1n) is 10.5. The molecule has 3 atom stereocenters. The molecule has 0 saturated carbocycles. The Morgan fingerprint density at radius 2 is 1.93 bits per heavy atom. The van der Waals surface area contributed by atoms with E-state index in [4.69, 9.17) is 23.2 Å². The quantitative estimate of drug-likeness (QED) is 0.713. The zero-order chi connectivity index (χ0) is 21.8. The fraction of sp³-hybridized carbons (Fsp3) is 0.619. The van der Waals surface area contributed by atoms with Gasteiger partial charge < -0.3 is 25.1 Å². The van der Waals surface area contributed by atoms with Crippen LogP contribution in [0, 0.1) is 5.92 Å². The summed E-state index contributed by atoms with van der Waals surface area (Å²) in [5.41, 5.74) is 0.537. The Morgan fingerprint density at radius 1 is 1.17 bits per heavy atom. The Hall–Kier alpha value is -1.54. The first-order chi connectivity index (χ1) is 14.2. The van der Waals surface area contributed by atoms with Crippen LogP contribution >= 0.6 is 23.2 Å². The Balaban J connectivity index is 1.48. The number of halogens is 2. The number of nitrogens with zero attached hydrogens (tertiary/aromatic N) is 3. The van der Waals surface area contributed by atoms with Crippen molar-refractivity contribution < 1.29 is 14.7 Å². The molecule has 2 N–H and O–H groups in total. The van der Waals surface area contributed by atoms with Crippen LogP contribution in [0.1, 0.15) is 26.7 Å². The molecule has 30 heavy (non-hydrogen) atoms. The molecule has 2 heterocycles. The highest BCUT2D eigenvalue weighted by Gasteiger charge is 2.34. The second-order valence-electron chi connectivity index (χ2n) is 8.36. The molecule has 0 spiro atoms. The SMILES string of the molecule is CC1CC(O)CN(CCCN2CCN(C(=O)Nc3ccc(Cl)c(Cl)c3)C(C)C2=O)C1. The summed E-state index contributed by atoms with van der Waals surface area (Å²) in [6, 6.07) is 4.02. The van der Waals surface area contributed by atoms with E-state index in [2.05, 4.69) is 17.1 Å². The van der Waals surface area contributed by atoms with Gasteiger partial charge in [0.1, 0.15) is 6.04 Å². The van der Waals surface area contributed by atoms with Gasteiger partial charge in [-0.05, 0) is 50.4 Å². The number of aliphatic hydroxyl groups is 1. The lowest BCUT2D eigenvalue weighted by atomic mass is 9.98. The summed E-state index contributed by atoms with van der Waals surface area (Å²) in [5.74, 6) is 0.450. The van der Waals surface area contributed by atoms with E-state index in [1.54, 1.807) is 30.0 Å². The summed E-state index contributed by atoms with van der Waals surface area (Å²) in [7, 11) is 0. The largest absolute Gasteiger partial charge is 0.392 e. The smallest absolute Gasteiger partial charge is 0.322 e. The number of amides is 3. The van der Waals surface area contributed by atoms with Gasteiger partial charge >= 0.3 is 6.03 Å². The maximum absolute atomic E-state index is 12.8. The topological polar surface area (TPSA) is 76.1 Å². The molecule has 2 fully saturated rings. The van der Waals surface area contributed by atoms with Crippen molar-refractivity contribution in [3.8, 4) is 0 Å². The first kappa shape index (κ1) is 23.1. The lowest BCUT2D eigenvalue weighted by molar-refractivity contribution is -0.139. The minimum Gasteiger partial charge on any atom is -0.392 e. The van der Waals surface area contributed by atoms with Gasteiger partial charge in [0.05, 0.1) is 16.1 Å². The van der Waals surface area contributed by atoms with Gasteiger partial charge in [0.15, 0.2) is 0 Å². The van der Waals surface area contributed by atoms with Crippen LogP contribution in [0.25, 0.3) is 0 Å². The molecule has 7 nitrogen and oxygen atoms in total. The van der Waals surface area contributed by atoms with Gasteiger partial charge in [-0.25, -0.2) is 4.79 Å². The molecule has 0 bridgehead atoms. The highest BCUT2D eigenvalue weighted by Crippen LogP contribution is 2.25. The Kier molecular flexibility index (Phi) is 7.85. The maximum Gasteiger partial charge on any atom is 0.322 e. The third-order valence-electron chi connectivity index (χ3n) is 5.79. The van der Waals surface area contributed by atoms with Crippen LogP contribution in [0.2, 0.25) is 10.0 Å². The van der Waals surface area contributed by atoms with Gasteiger partial charge in [-0.3, -0.25) is 4.79 Å². The summed E-state index contributed by atoms with van der Waals surface area (Å²) in [4.78, 5) is 31.1. The number of carbonyl (C=O) groups is 2. The van der Waals surface area contributed by atoms with E-state index < -0.39 is 6.04 Å². The average molecular weight is 457 g/mol. The summed E-state index contributed by atoms with van der Waals surface area (Å²) in [6.07, 6.45) is 1.46. The number of benzene rings is 1. The molecule has 1 aromatic rings. The van der Waals surface area contributed by atoms with Crippen molar-refractivity contribution in [2.24, 2.45) is 5.92 Å². The minimum absolute atomic E-state index is 0.0439. The number of nitrogens with one attached hydrogen (secondary N) is 1. The Morgan fingerprint density at radius 3 is 2.63 bits per heavy atom. The standard InChI is InChI=1S/C21H30Cl2N4O3/c1-14-10-17(28)13-25(12-14)6-3-7-26-8-9-27(15(2)20(26)29)21(30)24-16-4-5-18(22)19(23)11-16/h4-5,11,14-15,17,28H,3,6-10,12-13H2,1-2H3,(H,24,30). The zero-order valence-corrected chi connectivity index (χ0v) is 19.0. The number of aliphatic hydroxyl groups excluding tert-OH is 1. The number of carbonyl (C=O) groups excluding carboxylic acids is 2. The zero-order valence-electron chi connectivity index (χ0n) is 17.5. The summed E-state index contributed by atoms with van der Waals surface area (Å²) in [6.45, 7) is 8.11. The number of piperazine rings is 1. The first-order valence-corrected chi connectivity index (χ1v) is 11.2. The average Bonchev–Trinajstić information content (AvgIpc) is 2.67. The van der Waals surface area contributed by atoms with Crippen molar-refractivity contribution in [3.05, 3.63) is 28.2 Å². The van der Waals surface area contributed by atoms with Crippen LogP contribution in [-0.2, 0) is 4.79 Å². The minimum atomic E-state index is -0.529. The van der Waals surface area contributed by atoms with E-state index in [1.807, 2.05) is 4.90 Å². The Labute approximate surface area is 187 Å². The number of rotatable bonds is 5. The van der Waals surface area contributed by atoms with Crippen LogP contribution < -0.4 is 5.32 Å². The normalized spacial score (nSPS) is 25.5. The molecule has 3 unspecified atom stereocenters. The van der Waals surface area contributed by atoms with Crippen molar-refractivity contribution in [2.45, 2.75) is 38.8 Å². The predicted octanol–water partition coefficient (Wildman–Crippen LogP) is 3.15. The van der Waals surface area contributed by atoms with Crippen LogP contribution in [0.3, 0.4) is 0 Å². The fourth-order valence-corrected chi connectivity index (χ4v) is 4.59. The molecule has 2 aliphatic heterocycles. The van der Waals surface area contributed by atoms with Crippen LogP contribution in [0.15, 0.2) is 18.2 Å². The fourth-order valence-electron chi connectivity index (χ4n) is 4.29. The van der Waals surface area contributed by atoms with Gasteiger partial charge in [-0.1, -0.05) is 30.1 Å². The van der Waals surface area contributed by atoms with Gasteiger partial charge in [0.25, 0.3) is 0 Å². The third-order valence-corrected chi connectivity index (χ3v) is 6.53. The predicted molar refractivity (Wildman–Crippen MR) is 119 cm³/mol. The maximum atomic E-state index is 12.8. The van der Waals surface area contributed by atoms with Crippen LogP contribution in [0.5, 0.6) is 0 Å². The molecule has 3 amide bonds. The molecule has 0 aliphatic carbocycles. The number of likely N-dealkylation sites (tertiary alicyclic amines) is 1. The van der Waals surface area contributed by atoms with E-state index in [0.29, 0.717) is 47.8 Å². The van der Waals surface area contributed by atoms with Crippen LogP contribution in [0.4, 0.5) is 10.5 Å². The molecule has 0 radical (unpaired) electrons. The lowest BCUT2D eigenvalue weighted by Crippen LogP contribution is -2.58. The third kappa shape index (κ3) is 5.78. The van der Waals surface area contributed by atoms with Crippen molar-refractivity contribution in [1.29, 1.82) is 0 Å². The molecule has 3 rings (SSSR count). The van der Waals surface area contributed by atoms with Crippen molar-refractivity contribution in [3.63, 3.8) is 0 Å². The number of piperidine rings is 1. The summed E-state index contributed by atoms with van der Waals surface area (Å²) < 4.78 is 0. The van der Waals surface area contributed by atoms with Gasteiger partial charge in [0, 0.05) is 38.4 Å². The number of β-amino-alcohol motifs (C(OH)–C–C–N with tert-alkyl or cyclic N) is 1. The van der Waals surface area contributed by atoms with Crippen LogP contribution in [-0.4, -0.2) is 83.2 Å². The molecule has 1 aromatic carbocycles. The molecular weight excluding hydrogens is 427 g/mol. The highest BCUT2D eigenvalue weighted by molar-refractivity contribution is 6.42. The molecular formula is C21H30Cl2N4O3. The number of urea groups is 1. The van der Waals surface area contributed by atoms with E-state index in [-0.39, 0.29) is 18.0 Å². The van der Waals surface area contributed by atoms with Crippen molar-refractivity contribution in [2.75, 3.05) is 44.6 Å². The van der Waals surface area contributed by atoms with Gasteiger partial charge in [0.2, 0.25) is 5.91 Å². The van der Waals surface area contributed by atoms with E-state index >= 15 is 0 Å². The van der Waals surface area contributed by atoms with Gasteiger partial charge in [-0.2, -0.15) is 0 Å². The molecule has 2 saturated heterocycles. The summed E-state index contributed by atoms with van der Waals surface area (Å²) >= 11 is 11.9. The molecule has 0 aromatic heterocycles. The monoisotopic (exact) mass is 456 g/mol. The highest BCUT2D eigenvalue weighted by atomic mass is 35.5.